The lowest BCUT2D eigenvalue weighted by atomic mass is 10.2. The van der Waals surface area contributed by atoms with Crippen LogP contribution in [0.3, 0.4) is 0 Å². The van der Waals surface area contributed by atoms with E-state index in [1.807, 2.05) is 35.2 Å². The lowest BCUT2D eigenvalue weighted by molar-refractivity contribution is -0.130. The molecule has 6 heteroatoms. The number of carbonyl (C=O) groups is 2. The Bertz CT molecular complexity index is 557. The molecule has 0 aliphatic carbocycles. The van der Waals surface area contributed by atoms with E-state index in [9.17, 15) is 9.59 Å². The smallest absolute Gasteiger partial charge is 0.408 e. The van der Waals surface area contributed by atoms with Gasteiger partial charge in [0.2, 0.25) is 5.91 Å². The van der Waals surface area contributed by atoms with E-state index in [2.05, 4.69) is 27.9 Å². The van der Waals surface area contributed by atoms with Crippen LogP contribution in [0.1, 0.15) is 32.8 Å². The minimum absolute atomic E-state index is 0.0404. The van der Waals surface area contributed by atoms with Crippen molar-refractivity contribution in [2.75, 3.05) is 4.43 Å². The van der Waals surface area contributed by atoms with Crippen molar-refractivity contribution in [2.24, 2.45) is 0 Å². The first kappa shape index (κ1) is 18.0. The molecule has 0 aromatic heterocycles. The third-order valence-corrected chi connectivity index (χ3v) is 4.61. The monoisotopic (exact) mass is 430 g/mol. The Balaban J connectivity index is 2.02. The molecule has 1 aromatic carbocycles. The number of nitrogens with zero attached hydrogens (tertiary/aromatic N) is 1. The fraction of sp³-hybridized carbons (Fsp3) is 0.529. The quantitative estimate of drug-likeness (QED) is 0.590. The molecule has 0 radical (unpaired) electrons. The Hall–Kier alpha value is -1.31. The van der Waals surface area contributed by atoms with Gasteiger partial charge in [-0.15, -0.1) is 0 Å². The van der Waals surface area contributed by atoms with Crippen LogP contribution < -0.4 is 5.32 Å². The minimum atomic E-state index is -0.571. The van der Waals surface area contributed by atoms with E-state index in [0.29, 0.717) is 13.0 Å². The second kappa shape index (κ2) is 7.51. The van der Waals surface area contributed by atoms with Crippen molar-refractivity contribution in [3.8, 4) is 0 Å². The van der Waals surface area contributed by atoms with E-state index in [1.54, 1.807) is 20.8 Å². The zero-order chi connectivity index (χ0) is 17.0. The number of alkyl carbamates (subject to hydrolysis) is 1. The van der Waals surface area contributed by atoms with Gasteiger partial charge in [0.25, 0.3) is 0 Å². The second-order valence-electron chi connectivity index (χ2n) is 6.69. The minimum Gasteiger partial charge on any atom is -0.444 e. The van der Waals surface area contributed by atoms with Gasteiger partial charge in [0.15, 0.2) is 0 Å². The Morgan fingerprint density at radius 3 is 2.57 bits per heavy atom. The van der Waals surface area contributed by atoms with Crippen molar-refractivity contribution in [3.05, 3.63) is 35.9 Å². The maximum atomic E-state index is 12.6. The second-order valence-corrected chi connectivity index (χ2v) is 7.58. The third-order valence-electron chi connectivity index (χ3n) is 3.59. The van der Waals surface area contributed by atoms with E-state index >= 15 is 0 Å². The molecule has 1 aliphatic rings. The molecular weight excluding hydrogens is 407 g/mol. The molecular formula is C17H23IN2O3. The summed E-state index contributed by atoms with van der Waals surface area (Å²) in [6.45, 7) is 5.98. The van der Waals surface area contributed by atoms with Gasteiger partial charge in [-0.25, -0.2) is 4.79 Å². The summed E-state index contributed by atoms with van der Waals surface area (Å²) in [5.74, 6) is -0.0404. The van der Waals surface area contributed by atoms with Crippen LogP contribution in [-0.4, -0.2) is 39.0 Å². The summed E-state index contributed by atoms with van der Waals surface area (Å²) in [5.41, 5.74) is 0.520. The molecule has 2 rings (SSSR count). The number of likely N-dealkylation sites (tertiary alicyclic amines) is 1. The van der Waals surface area contributed by atoms with Gasteiger partial charge in [-0.1, -0.05) is 52.9 Å². The molecule has 1 aromatic rings. The first-order valence-corrected chi connectivity index (χ1v) is 9.22. The van der Waals surface area contributed by atoms with Gasteiger partial charge >= 0.3 is 6.09 Å². The first-order valence-electron chi connectivity index (χ1n) is 7.70. The molecule has 0 saturated carbocycles. The first-order chi connectivity index (χ1) is 10.8. The highest BCUT2D eigenvalue weighted by Crippen LogP contribution is 2.24. The van der Waals surface area contributed by atoms with Crippen LogP contribution in [0.5, 0.6) is 0 Å². The van der Waals surface area contributed by atoms with E-state index < -0.39 is 17.7 Å². The van der Waals surface area contributed by atoms with Gasteiger partial charge in [-0.05, 0) is 32.8 Å². The number of amides is 2. The number of hydrogen-bond acceptors (Lipinski definition) is 3. The van der Waals surface area contributed by atoms with Crippen LogP contribution in [-0.2, 0) is 16.1 Å². The molecule has 23 heavy (non-hydrogen) atoms. The van der Waals surface area contributed by atoms with E-state index in [-0.39, 0.29) is 11.9 Å². The molecule has 1 heterocycles. The van der Waals surface area contributed by atoms with Crippen molar-refractivity contribution < 1.29 is 14.3 Å². The Morgan fingerprint density at radius 1 is 1.35 bits per heavy atom. The average molecular weight is 430 g/mol. The SMILES string of the molecule is CC(C)(C)OC(=O)N[C@H]1C[C@H](CI)N(Cc2ccccc2)C1=O. The van der Waals surface area contributed by atoms with E-state index in [1.165, 1.54) is 0 Å². The fourth-order valence-corrected chi connectivity index (χ4v) is 3.42. The molecule has 126 valence electrons. The molecule has 2 amide bonds. The van der Waals surface area contributed by atoms with E-state index in [0.717, 1.165) is 9.99 Å². The highest BCUT2D eigenvalue weighted by atomic mass is 127. The number of halogens is 1. The molecule has 0 unspecified atom stereocenters. The standard InChI is InChI=1S/C17H23IN2O3/c1-17(2,3)23-16(22)19-14-9-13(10-18)20(15(14)21)11-12-7-5-4-6-8-12/h4-8,13-14H,9-11H2,1-3H3,(H,19,22)/t13-,14+/m1/s1. The normalized spacial score (nSPS) is 21.4. The largest absolute Gasteiger partial charge is 0.444 e. The maximum absolute atomic E-state index is 12.6. The molecule has 2 atom stereocenters. The summed E-state index contributed by atoms with van der Waals surface area (Å²) in [5, 5.41) is 2.71. The highest BCUT2D eigenvalue weighted by molar-refractivity contribution is 14.1. The van der Waals surface area contributed by atoms with Crippen LogP contribution in [0.2, 0.25) is 0 Å². The Labute approximate surface area is 150 Å². The van der Waals surface area contributed by atoms with Gasteiger partial charge in [0, 0.05) is 17.0 Å². The summed E-state index contributed by atoms with van der Waals surface area (Å²) in [6, 6.07) is 9.52. The average Bonchev–Trinajstić information content (AvgIpc) is 2.75. The summed E-state index contributed by atoms with van der Waals surface area (Å²) < 4.78 is 6.08. The van der Waals surface area contributed by atoms with Gasteiger partial charge in [-0.3, -0.25) is 4.79 Å². The number of rotatable bonds is 4. The molecule has 1 N–H and O–H groups in total. The number of carbonyl (C=O) groups excluding carboxylic acids is 2. The number of alkyl halides is 1. The fourth-order valence-electron chi connectivity index (χ4n) is 2.58. The lowest BCUT2D eigenvalue weighted by Gasteiger charge is -2.23. The third kappa shape index (κ3) is 5.09. The Kier molecular flexibility index (Phi) is 5.89. The molecule has 0 spiro atoms. The molecule has 1 fully saturated rings. The number of ether oxygens (including phenoxy) is 1. The van der Waals surface area contributed by atoms with Crippen LogP contribution >= 0.6 is 22.6 Å². The van der Waals surface area contributed by atoms with Crippen LogP contribution in [0.25, 0.3) is 0 Å². The van der Waals surface area contributed by atoms with E-state index in [4.69, 9.17) is 4.74 Å². The summed E-state index contributed by atoms with van der Waals surface area (Å²) in [6.07, 6.45) is 0.0815. The Morgan fingerprint density at radius 2 is 2.00 bits per heavy atom. The van der Waals surface area contributed by atoms with Crippen molar-refractivity contribution >= 4 is 34.6 Å². The van der Waals surface area contributed by atoms with Crippen molar-refractivity contribution in [3.63, 3.8) is 0 Å². The van der Waals surface area contributed by atoms with Crippen LogP contribution in [0.15, 0.2) is 30.3 Å². The zero-order valence-corrected chi connectivity index (χ0v) is 15.9. The predicted octanol–water partition coefficient (Wildman–Crippen LogP) is 3.12. The number of nitrogens with one attached hydrogen (secondary N) is 1. The maximum Gasteiger partial charge on any atom is 0.408 e. The van der Waals surface area contributed by atoms with Crippen molar-refractivity contribution in [2.45, 2.75) is 51.4 Å². The number of hydrogen-bond donors (Lipinski definition) is 1. The molecule has 5 nitrogen and oxygen atoms in total. The van der Waals surface area contributed by atoms with Crippen LogP contribution in [0, 0.1) is 0 Å². The topological polar surface area (TPSA) is 58.6 Å². The van der Waals surface area contributed by atoms with Gasteiger partial charge < -0.3 is 15.0 Å². The van der Waals surface area contributed by atoms with Crippen LogP contribution in [0.4, 0.5) is 4.79 Å². The summed E-state index contributed by atoms with van der Waals surface area (Å²) in [4.78, 5) is 26.4. The highest BCUT2D eigenvalue weighted by Gasteiger charge is 2.40. The van der Waals surface area contributed by atoms with Gasteiger partial charge in [0.1, 0.15) is 11.6 Å². The number of benzene rings is 1. The summed E-state index contributed by atoms with van der Waals surface area (Å²) in [7, 11) is 0. The van der Waals surface area contributed by atoms with Gasteiger partial charge in [0.05, 0.1) is 0 Å². The van der Waals surface area contributed by atoms with Gasteiger partial charge in [-0.2, -0.15) is 0 Å². The summed E-state index contributed by atoms with van der Waals surface area (Å²) >= 11 is 2.29. The lowest BCUT2D eigenvalue weighted by Crippen LogP contribution is -2.43. The molecule has 0 bridgehead atoms. The predicted molar refractivity (Wildman–Crippen MR) is 97.4 cm³/mol. The molecule has 1 aliphatic heterocycles. The van der Waals surface area contributed by atoms with Crippen molar-refractivity contribution in [1.29, 1.82) is 0 Å². The zero-order valence-electron chi connectivity index (χ0n) is 13.7. The van der Waals surface area contributed by atoms with Crippen molar-refractivity contribution in [1.82, 2.24) is 10.2 Å². The molecule has 1 saturated heterocycles.